The van der Waals surface area contributed by atoms with E-state index in [0.717, 1.165) is 50.7 Å². The van der Waals surface area contributed by atoms with E-state index in [-0.39, 0.29) is 22.6 Å². The topological polar surface area (TPSA) is 84.9 Å². The molecule has 1 aliphatic carbocycles. The van der Waals surface area contributed by atoms with E-state index in [0.29, 0.717) is 32.8 Å². The average Bonchev–Trinajstić information content (AvgIpc) is 3.21. The first-order chi connectivity index (χ1) is 14.4. The zero-order valence-electron chi connectivity index (χ0n) is 17.0. The molecular formula is C21H29FN2O5S. The summed E-state index contributed by atoms with van der Waals surface area (Å²) >= 11 is 0. The summed E-state index contributed by atoms with van der Waals surface area (Å²) in [4.78, 5) is 14.9. The highest BCUT2D eigenvalue weighted by molar-refractivity contribution is 7.89. The number of amides is 1. The molecule has 1 aromatic carbocycles. The molecular weight excluding hydrogens is 411 g/mol. The van der Waals surface area contributed by atoms with Gasteiger partial charge in [0.1, 0.15) is 5.82 Å². The van der Waals surface area contributed by atoms with E-state index >= 15 is 0 Å². The summed E-state index contributed by atoms with van der Waals surface area (Å²) in [6, 6.07) is 4.80. The minimum atomic E-state index is -3.65. The second-order valence-electron chi connectivity index (χ2n) is 8.46. The van der Waals surface area contributed by atoms with Crippen molar-refractivity contribution in [3.63, 3.8) is 0 Å². The Hall–Kier alpha value is -1.55. The van der Waals surface area contributed by atoms with Gasteiger partial charge in [-0.2, -0.15) is 0 Å². The molecule has 0 aromatic heterocycles. The molecule has 1 saturated carbocycles. The Balaban J connectivity index is 1.22. The number of piperidine rings is 1. The zero-order chi connectivity index (χ0) is 21.2. The lowest BCUT2D eigenvalue weighted by atomic mass is 9.81. The highest BCUT2D eigenvalue weighted by atomic mass is 32.2. The van der Waals surface area contributed by atoms with Gasteiger partial charge in [0, 0.05) is 38.4 Å². The smallest absolute Gasteiger partial charge is 0.240 e. The van der Waals surface area contributed by atoms with Crippen LogP contribution in [-0.2, 0) is 24.3 Å². The molecule has 0 atom stereocenters. The van der Waals surface area contributed by atoms with Gasteiger partial charge in [-0.3, -0.25) is 4.79 Å². The van der Waals surface area contributed by atoms with Crippen LogP contribution in [0.4, 0.5) is 4.39 Å². The van der Waals surface area contributed by atoms with Crippen molar-refractivity contribution in [1.82, 2.24) is 9.62 Å². The number of carbonyl (C=O) groups is 1. The van der Waals surface area contributed by atoms with Crippen LogP contribution in [0.5, 0.6) is 0 Å². The standard InChI is InChI=1S/C21H29FN2O5S/c22-18-5-7-19(8-6-18)30(26,27)23-15-16-1-3-17(4-2-16)20(25)24-11-9-21(10-12-24)28-13-14-29-21/h5-8,16-17,23H,1-4,9-15H2. The van der Waals surface area contributed by atoms with Gasteiger partial charge in [0.2, 0.25) is 15.9 Å². The highest BCUT2D eigenvalue weighted by Gasteiger charge is 2.42. The molecule has 0 unspecified atom stereocenters. The number of ether oxygens (including phenoxy) is 2. The zero-order valence-corrected chi connectivity index (χ0v) is 17.8. The predicted molar refractivity (Wildman–Crippen MR) is 107 cm³/mol. The largest absolute Gasteiger partial charge is 0.347 e. The van der Waals surface area contributed by atoms with Crippen LogP contribution in [0.2, 0.25) is 0 Å². The fraction of sp³-hybridized carbons (Fsp3) is 0.667. The maximum Gasteiger partial charge on any atom is 0.240 e. The van der Waals surface area contributed by atoms with Crippen LogP contribution < -0.4 is 4.72 Å². The number of halogens is 1. The summed E-state index contributed by atoms with van der Waals surface area (Å²) in [7, 11) is -3.65. The normalized spacial score (nSPS) is 26.8. The van der Waals surface area contributed by atoms with Crippen molar-refractivity contribution in [2.24, 2.45) is 11.8 Å². The average molecular weight is 441 g/mol. The molecule has 1 spiro atoms. The minimum absolute atomic E-state index is 0.00872. The van der Waals surface area contributed by atoms with Gasteiger partial charge in [-0.15, -0.1) is 0 Å². The van der Waals surface area contributed by atoms with E-state index in [1.54, 1.807) is 0 Å². The van der Waals surface area contributed by atoms with E-state index < -0.39 is 21.6 Å². The van der Waals surface area contributed by atoms with Gasteiger partial charge >= 0.3 is 0 Å². The van der Waals surface area contributed by atoms with E-state index in [2.05, 4.69) is 4.72 Å². The van der Waals surface area contributed by atoms with Crippen molar-refractivity contribution >= 4 is 15.9 Å². The van der Waals surface area contributed by atoms with Crippen LogP contribution >= 0.6 is 0 Å². The van der Waals surface area contributed by atoms with Gasteiger partial charge in [0.05, 0.1) is 18.1 Å². The van der Waals surface area contributed by atoms with Crippen molar-refractivity contribution in [2.75, 3.05) is 32.8 Å². The fourth-order valence-corrected chi connectivity index (χ4v) is 5.77. The van der Waals surface area contributed by atoms with E-state index in [1.807, 2.05) is 4.90 Å². The molecule has 0 radical (unpaired) electrons. The second kappa shape index (κ2) is 8.90. The fourth-order valence-electron chi connectivity index (χ4n) is 4.65. The Morgan fingerprint density at radius 2 is 1.67 bits per heavy atom. The second-order valence-corrected chi connectivity index (χ2v) is 10.2. The molecule has 2 saturated heterocycles. The van der Waals surface area contributed by atoms with E-state index in [4.69, 9.17) is 9.47 Å². The van der Waals surface area contributed by atoms with Crippen molar-refractivity contribution in [2.45, 2.75) is 49.2 Å². The number of hydrogen-bond donors (Lipinski definition) is 1. The van der Waals surface area contributed by atoms with Crippen LogP contribution in [0.25, 0.3) is 0 Å². The highest BCUT2D eigenvalue weighted by Crippen LogP contribution is 2.34. The first-order valence-corrected chi connectivity index (χ1v) is 12.2. The van der Waals surface area contributed by atoms with Crippen LogP contribution in [0.15, 0.2) is 29.2 Å². The van der Waals surface area contributed by atoms with Crippen LogP contribution in [-0.4, -0.2) is 57.9 Å². The third-order valence-electron chi connectivity index (χ3n) is 6.53. The lowest BCUT2D eigenvalue weighted by molar-refractivity contribution is -0.188. The number of rotatable bonds is 5. The quantitative estimate of drug-likeness (QED) is 0.759. The molecule has 1 aromatic rings. The van der Waals surface area contributed by atoms with E-state index in [9.17, 15) is 17.6 Å². The van der Waals surface area contributed by atoms with E-state index in [1.165, 1.54) is 12.1 Å². The molecule has 2 heterocycles. The van der Waals surface area contributed by atoms with Crippen LogP contribution in [0.3, 0.4) is 0 Å². The molecule has 166 valence electrons. The van der Waals surface area contributed by atoms with Crippen LogP contribution in [0.1, 0.15) is 38.5 Å². The molecule has 3 fully saturated rings. The molecule has 2 aliphatic heterocycles. The van der Waals surface area contributed by atoms with Gasteiger partial charge < -0.3 is 14.4 Å². The van der Waals surface area contributed by atoms with Crippen molar-refractivity contribution < 1.29 is 27.1 Å². The summed E-state index contributed by atoms with van der Waals surface area (Å²) in [5, 5.41) is 0. The Morgan fingerprint density at radius 1 is 1.07 bits per heavy atom. The number of hydrogen-bond acceptors (Lipinski definition) is 5. The van der Waals surface area contributed by atoms with Gasteiger partial charge in [-0.1, -0.05) is 0 Å². The van der Waals surface area contributed by atoms with Gasteiger partial charge in [0.15, 0.2) is 5.79 Å². The number of nitrogens with one attached hydrogen (secondary N) is 1. The lowest BCUT2D eigenvalue weighted by Gasteiger charge is -2.39. The minimum Gasteiger partial charge on any atom is -0.347 e. The van der Waals surface area contributed by atoms with Crippen molar-refractivity contribution in [3.8, 4) is 0 Å². The summed E-state index contributed by atoms with van der Waals surface area (Å²) in [6.45, 7) is 2.92. The molecule has 1 amide bonds. The summed E-state index contributed by atoms with van der Waals surface area (Å²) in [5.74, 6) is -0.531. The number of sulfonamides is 1. The number of carbonyl (C=O) groups excluding carboxylic acids is 1. The maximum absolute atomic E-state index is 13.0. The molecule has 30 heavy (non-hydrogen) atoms. The van der Waals surface area contributed by atoms with Crippen molar-refractivity contribution in [3.05, 3.63) is 30.1 Å². The lowest BCUT2D eigenvalue weighted by Crippen LogP contribution is -2.49. The molecule has 9 heteroatoms. The molecule has 7 nitrogen and oxygen atoms in total. The summed E-state index contributed by atoms with van der Waals surface area (Å²) < 4.78 is 51.8. The Bertz CT molecular complexity index is 837. The Labute approximate surface area is 177 Å². The van der Waals surface area contributed by atoms with Gasteiger partial charge in [-0.25, -0.2) is 17.5 Å². The maximum atomic E-state index is 13.0. The molecule has 3 aliphatic rings. The first-order valence-electron chi connectivity index (χ1n) is 10.7. The number of likely N-dealkylation sites (tertiary alicyclic amines) is 1. The molecule has 4 rings (SSSR count). The SMILES string of the molecule is O=C(C1CCC(CNS(=O)(=O)c2ccc(F)cc2)CC1)N1CCC2(CC1)OCCO2. The summed E-state index contributed by atoms with van der Waals surface area (Å²) in [6.07, 6.45) is 4.62. The molecule has 1 N–H and O–H groups in total. The Morgan fingerprint density at radius 3 is 2.27 bits per heavy atom. The monoisotopic (exact) mass is 440 g/mol. The first kappa shape index (κ1) is 21.7. The van der Waals surface area contributed by atoms with Crippen LogP contribution in [0, 0.1) is 17.7 Å². The third-order valence-corrected chi connectivity index (χ3v) is 7.97. The Kier molecular flexibility index (Phi) is 6.43. The van der Waals surface area contributed by atoms with Gasteiger partial charge in [-0.05, 0) is 55.9 Å². The summed E-state index contributed by atoms with van der Waals surface area (Å²) in [5.41, 5.74) is 0. The number of nitrogens with zero attached hydrogens (tertiary/aromatic N) is 1. The number of benzene rings is 1. The van der Waals surface area contributed by atoms with Gasteiger partial charge in [0.25, 0.3) is 0 Å². The van der Waals surface area contributed by atoms with Crippen molar-refractivity contribution in [1.29, 1.82) is 0 Å². The predicted octanol–water partition coefficient (Wildman–Crippen LogP) is 2.28. The third kappa shape index (κ3) is 4.85. The molecule has 0 bridgehead atoms.